The van der Waals surface area contributed by atoms with Crippen LogP contribution in [0.2, 0.25) is 0 Å². The molecule has 0 saturated carbocycles. The van der Waals surface area contributed by atoms with Crippen LogP contribution < -0.4 is 0 Å². The van der Waals surface area contributed by atoms with Crippen molar-refractivity contribution in [1.82, 2.24) is 0 Å². The average molecular weight is 343 g/mol. The van der Waals surface area contributed by atoms with Crippen molar-refractivity contribution in [3.05, 3.63) is 35.4 Å². The number of rotatable bonds is 3. The second kappa shape index (κ2) is 11.6. The van der Waals surface area contributed by atoms with Crippen molar-refractivity contribution in [3.63, 3.8) is 0 Å². The van der Waals surface area contributed by atoms with Crippen LogP contribution in [-0.2, 0) is 9.78 Å². The van der Waals surface area contributed by atoms with Crippen molar-refractivity contribution >= 4 is 0 Å². The lowest BCUT2D eigenvalue weighted by molar-refractivity contribution is -0.393. The van der Waals surface area contributed by atoms with Crippen molar-refractivity contribution in [1.29, 1.82) is 0 Å². The van der Waals surface area contributed by atoms with E-state index >= 15 is 0 Å². The van der Waals surface area contributed by atoms with Crippen LogP contribution in [0.4, 0.5) is 0 Å². The molecule has 1 rings (SSSR count). The number of hydrogen-bond acceptors (Lipinski definition) is 4. The molecule has 2 N–H and O–H groups in total. The maximum absolute atomic E-state index is 6.00. The molecule has 0 aliphatic heterocycles. The Morgan fingerprint density at radius 3 is 1.08 bits per heavy atom. The van der Waals surface area contributed by atoms with Crippen LogP contribution in [0, 0.1) is 0 Å². The maximum atomic E-state index is 6.00. The summed E-state index contributed by atoms with van der Waals surface area (Å²) in [6.07, 6.45) is 0. The highest BCUT2D eigenvalue weighted by Crippen LogP contribution is 2.25. The minimum atomic E-state index is -0.215. The first-order chi connectivity index (χ1) is 10.8. The van der Waals surface area contributed by atoms with Crippen molar-refractivity contribution in [2.75, 3.05) is 0 Å². The third-order valence-electron chi connectivity index (χ3n) is 2.78. The zero-order chi connectivity index (χ0) is 19.6. The molecule has 0 atom stereocenters. The lowest BCUT2D eigenvalue weighted by Gasteiger charge is -2.24. The fraction of sp³-hybridized carbons (Fsp3) is 0.700. The van der Waals surface area contributed by atoms with Gasteiger partial charge in [0.2, 0.25) is 0 Å². The van der Waals surface area contributed by atoms with E-state index in [1.54, 1.807) is 0 Å². The lowest BCUT2D eigenvalue weighted by atomic mass is 9.91. The SMILES string of the molecule is CC(C)(C)OOC(C)(C)C.CC(C)c1ccccc1C(C)C.OO. The first kappa shape index (κ1) is 25.3. The Labute approximate surface area is 148 Å². The summed E-state index contributed by atoms with van der Waals surface area (Å²) in [6, 6.07) is 8.72. The molecule has 4 heteroatoms. The van der Waals surface area contributed by atoms with Gasteiger partial charge in [0.05, 0.1) is 11.2 Å². The van der Waals surface area contributed by atoms with Gasteiger partial charge in [-0.05, 0) is 64.5 Å². The molecular formula is C20H38O4. The van der Waals surface area contributed by atoms with Crippen LogP contribution in [0.3, 0.4) is 0 Å². The van der Waals surface area contributed by atoms with E-state index in [1.165, 1.54) is 11.1 Å². The Balaban J connectivity index is 0. The zero-order valence-corrected chi connectivity index (χ0v) is 17.2. The van der Waals surface area contributed by atoms with E-state index < -0.39 is 0 Å². The van der Waals surface area contributed by atoms with Crippen LogP contribution in [0.15, 0.2) is 24.3 Å². The van der Waals surface area contributed by atoms with Gasteiger partial charge in [-0.1, -0.05) is 52.0 Å². The van der Waals surface area contributed by atoms with Crippen molar-refractivity contribution in [3.8, 4) is 0 Å². The van der Waals surface area contributed by atoms with E-state index in [4.69, 9.17) is 20.3 Å². The quantitative estimate of drug-likeness (QED) is 0.487. The van der Waals surface area contributed by atoms with E-state index in [9.17, 15) is 0 Å². The number of hydrogen-bond donors (Lipinski definition) is 2. The van der Waals surface area contributed by atoms with Gasteiger partial charge in [-0.25, -0.2) is 9.78 Å². The monoisotopic (exact) mass is 342 g/mol. The molecule has 0 aliphatic carbocycles. The van der Waals surface area contributed by atoms with Crippen molar-refractivity contribution in [2.24, 2.45) is 0 Å². The molecule has 4 nitrogen and oxygen atoms in total. The molecule has 24 heavy (non-hydrogen) atoms. The Kier molecular flexibility index (Phi) is 12.2. The molecule has 0 radical (unpaired) electrons. The van der Waals surface area contributed by atoms with Gasteiger partial charge in [0.25, 0.3) is 0 Å². The van der Waals surface area contributed by atoms with E-state index in [0.717, 1.165) is 0 Å². The Morgan fingerprint density at radius 1 is 0.667 bits per heavy atom. The summed E-state index contributed by atoms with van der Waals surface area (Å²) in [4.78, 5) is 10.2. The van der Waals surface area contributed by atoms with Gasteiger partial charge in [0.15, 0.2) is 0 Å². The summed E-state index contributed by atoms with van der Waals surface area (Å²) >= 11 is 0. The second-order valence-corrected chi connectivity index (χ2v) is 8.33. The van der Waals surface area contributed by atoms with Gasteiger partial charge in [-0.2, -0.15) is 0 Å². The molecular weight excluding hydrogens is 304 g/mol. The Morgan fingerprint density at radius 2 is 0.917 bits per heavy atom. The average Bonchev–Trinajstić information content (AvgIpc) is 2.46. The van der Waals surface area contributed by atoms with E-state index in [2.05, 4.69) is 52.0 Å². The molecule has 1 aromatic carbocycles. The third kappa shape index (κ3) is 13.5. The van der Waals surface area contributed by atoms with Gasteiger partial charge >= 0.3 is 0 Å². The molecule has 0 amide bonds. The summed E-state index contributed by atoms with van der Waals surface area (Å²) in [5, 5.41) is 12.0. The molecule has 0 unspecified atom stereocenters. The molecule has 0 spiro atoms. The fourth-order valence-electron chi connectivity index (χ4n) is 1.81. The van der Waals surface area contributed by atoms with Gasteiger partial charge in [0.1, 0.15) is 0 Å². The van der Waals surface area contributed by atoms with Gasteiger partial charge < -0.3 is 0 Å². The lowest BCUT2D eigenvalue weighted by Crippen LogP contribution is -2.27. The summed E-state index contributed by atoms with van der Waals surface area (Å²) < 4.78 is 0. The minimum absolute atomic E-state index is 0.215. The highest BCUT2D eigenvalue weighted by Gasteiger charge is 2.18. The third-order valence-corrected chi connectivity index (χ3v) is 2.78. The summed E-state index contributed by atoms with van der Waals surface area (Å²) in [6.45, 7) is 20.7. The largest absolute Gasteiger partial charge is 0.255 e. The van der Waals surface area contributed by atoms with Crippen LogP contribution in [0.1, 0.15) is 92.2 Å². The predicted molar refractivity (Wildman–Crippen MR) is 102 cm³/mol. The van der Waals surface area contributed by atoms with Crippen molar-refractivity contribution in [2.45, 2.75) is 92.3 Å². The van der Waals surface area contributed by atoms with Crippen molar-refractivity contribution < 1.29 is 20.3 Å². The van der Waals surface area contributed by atoms with Crippen LogP contribution in [-0.4, -0.2) is 21.7 Å². The molecule has 0 bridgehead atoms. The summed E-state index contributed by atoms with van der Waals surface area (Å²) in [5.74, 6) is 1.28. The first-order valence-electron chi connectivity index (χ1n) is 8.49. The molecule has 0 saturated heterocycles. The van der Waals surface area contributed by atoms with E-state index in [0.29, 0.717) is 11.8 Å². The summed E-state index contributed by atoms with van der Waals surface area (Å²) in [7, 11) is 0. The molecule has 1 aromatic rings. The van der Waals surface area contributed by atoms with Crippen LogP contribution in [0.25, 0.3) is 0 Å². The first-order valence-corrected chi connectivity index (χ1v) is 8.49. The Bertz CT molecular complexity index is 385. The Hall–Kier alpha value is -0.940. The normalized spacial score (nSPS) is 11.6. The molecule has 142 valence electrons. The molecule has 0 aromatic heterocycles. The highest BCUT2D eigenvalue weighted by molar-refractivity contribution is 5.31. The maximum Gasteiger partial charge on any atom is 0.0952 e. The summed E-state index contributed by atoms with van der Waals surface area (Å²) in [5.41, 5.74) is 2.56. The van der Waals surface area contributed by atoms with Gasteiger partial charge in [-0.15, -0.1) is 0 Å². The van der Waals surface area contributed by atoms with Crippen LogP contribution in [0.5, 0.6) is 0 Å². The topological polar surface area (TPSA) is 58.9 Å². The van der Waals surface area contributed by atoms with E-state index in [1.807, 2.05) is 41.5 Å². The minimum Gasteiger partial charge on any atom is -0.255 e. The highest BCUT2D eigenvalue weighted by atomic mass is 17.2. The number of benzene rings is 1. The van der Waals surface area contributed by atoms with E-state index in [-0.39, 0.29) is 11.2 Å². The van der Waals surface area contributed by atoms with Crippen LogP contribution >= 0.6 is 0 Å². The zero-order valence-electron chi connectivity index (χ0n) is 17.2. The smallest absolute Gasteiger partial charge is 0.0952 e. The predicted octanol–water partition coefficient (Wildman–Crippen LogP) is 6.48. The molecule has 0 fully saturated rings. The second-order valence-electron chi connectivity index (χ2n) is 8.33. The van der Waals surface area contributed by atoms with Gasteiger partial charge in [-0.3, -0.25) is 10.5 Å². The fourth-order valence-corrected chi connectivity index (χ4v) is 1.81. The molecule has 0 aliphatic rings. The molecule has 0 heterocycles. The standard InChI is InChI=1S/C12H18.C8H18O2.H2O2/c1-9(2)11-7-5-6-8-12(11)10(3)4;1-7(2,3)9-10-8(4,5)6;1-2/h5-10H,1-4H3;1-6H3;1-2H. The van der Waals surface area contributed by atoms with Gasteiger partial charge in [0, 0.05) is 0 Å².